The molecule has 18 nitrogen and oxygen atoms in total. The molecule has 382 valence electrons. The molecule has 7 rings (SSSR count). The van der Waals surface area contributed by atoms with E-state index >= 15 is 0 Å². The van der Waals surface area contributed by atoms with Gasteiger partial charge >= 0.3 is 0 Å². The molecule has 0 radical (unpaired) electrons. The van der Waals surface area contributed by atoms with Crippen molar-refractivity contribution in [2.75, 3.05) is 19.8 Å². The highest BCUT2D eigenvalue weighted by Crippen LogP contribution is 2.76. The molecular weight excluding hydrogens is 865 g/mol. The van der Waals surface area contributed by atoms with Crippen molar-refractivity contribution in [3.63, 3.8) is 0 Å². The van der Waals surface area contributed by atoms with Gasteiger partial charge in [0.05, 0.1) is 37.6 Å². The minimum Gasteiger partial charge on any atom is -0.394 e. The molecule has 0 aromatic rings. The molecule has 7 aliphatic rings. The summed E-state index contributed by atoms with van der Waals surface area (Å²) >= 11 is 0. The Balaban J connectivity index is 1.13. The number of aliphatic hydroxyl groups is 12. The normalized spacial score (nSPS) is 52.4. The second kappa shape index (κ2) is 19.6. The third kappa shape index (κ3) is 8.79. The fourth-order valence-electron chi connectivity index (χ4n) is 14.9. The molecule has 0 aromatic carbocycles. The molecule has 4 saturated carbocycles. The van der Waals surface area contributed by atoms with Crippen LogP contribution in [0.3, 0.4) is 0 Å². The van der Waals surface area contributed by atoms with Crippen LogP contribution in [0.2, 0.25) is 0 Å². The molecule has 0 bridgehead atoms. The Morgan fingerprint density at radius 2 is 1.14 bits per heavy atom. The number of allylic oxidation sites excluding steroid dienone is 2. The molecule has 0 aromatic heterocycles. The first-order valence-corrected chi connectivity index (χ1v) is 24.4. The average molecular weight is 947 g/mol. The number of aliphatic hydroxyl groups excluding tert-OH is 12. The summed E-state index contributed by atoms with van der Waals surface area (Å²) in [5.74, 6) is -0.151. The van der Waals surface area contributed by atoms with Crippen molar-refractivity contribution in [3.05, 3.63) is 11.6 Å². The van der Waals surface area contributed by atoms with Gasteiger partial charge in [-0.3, -0.25) is 0 Å². The lowest BCUT2D eigenvalue weighted by Gasteiger charge is -2.71. The summed E-state index contributed by atoms with van der Waals surface area (Å²) < 4.78 is 37.2. The van der Waals surface area contributed by atoms with E-state index in [0.717, 1.165) is 37.7 Å². The summed E-state index contributed by atoms with van der Waals surface area (Å²) in [5.41, 5.74) is -1.12. The van der Waals surface area contributed by atoms with E-state index in [9.17, 15) is 61.3 Å². The van der Waals surface area contributed by atoms with E-state index in [1.165, 1.54) is 0 Å². The quantitative estimate of drug-likeness (QED) is 0.0853. The Morgan fingerprint density at radius 3 is 1.71 bits per heavy atom. The number of hydrogen-bond acceptors (Lipinski definition) is 18. The van der Waals surface area contributed by atoms with Gasteiger partial charge in [0.25, 0.3) is 0 Å². The number of ether oxygens (including phenoxy) is 6. The fraction of sp³-hybridized carbons (Fsp3) is 0.958. The highest BCUT2D eigenvalue weighted by molar-refractivity contribution is 5.20. The van der Waals surface area contributed by atoms with Crippen LogP contribution in [-0.2, 0) is 28.4 Å². The van der Waals surface area contributed by atoms with Crippen LogP contribution in [0.15, 0.2) is 11.6 Å². The van der Waals surface area contributed by atoms with Gasteiger partial charge in [-0.2, -0.15) is 0 Å². The van der Waals surface area contributed by atoms with Crippen LogP contribution in [0.25, 0.3) is 0 Å². The largest absolute Gasteiger partial charge is 0.394 e. The van der Waals surface area contributed by atoms with Crippen LogP contribution in [-0.4, -0.2) is 191 Å². The molecule has 0 spiro atoms. The number of fused-ring (bicyclic) bond motifs is 5. The fourth-order valence-corrected chi connectivity index (χ4v) is 14.9. The van der Waals surface area contributed by atoms with Crippen LogP contribution in [0.5, 0.6) is 0 Å². The van der Waals surface area contributed by atoms with Gasteiger partial charge in [0.1, 0.15) is 73.2 Å². The van der Waals surface area contributed by atoms with E-state index in [1.807, 2.05) is 20.8 Å². The highest BCUT2D eigenvalue weighted by atomic mass is 16.8. The second-order valence-corrected chi connectivity index (χ2v) is 22.9. The SMILES string of the molecule is CC(C)=CCC[C@](C)(O[C@H]1O[C@H](CO)[C@@H](O)[C@H](O)[C@H]1O)[C@H]1CC[C@]2(C)[C@@H]1[C@H](O)C[C@@H]1[C@@]3(C)CC[C@H](O[C@H]4O[C@H](CO)[C@@H](O)[C@H](O)[C@H]4O[C@@H]4O[C@H](CO)[C@@H](O)[C@H](O)[C@H]4O)C(C)(C)[C@@H]3CC[C@]12C. The summed E-state index contributed by atoms with van der Waals surface area (Å²) in [6.45, 7) is 15.5. The molecule has 0 amide bonds. The van der Waals surface area contributed by atoms with Crippen molar-refractivity contribution in [2.24, 2.45) is 45.3 Å². The third-order valence-electron chi connectivity index (χ3n) is 18.8. The summed E-state index contributed by atoms with van der Waals surface area (Å²) in [6, 6.07) is 0. The lowest BCUT2D eigenvalue weighted by molar-refractivity contribution is -0.378. The first-order valence-electron chi connectivity index (χ1n) is 24.4. The van der Waals surface area contributed by atoms with Crippen molar-refractivity contribution in [2.45, 2.75) is 223 Å². The molecule has 18 heteroatoms. The predicted molar refractivity (Wildman–Crippen MR) is 234 cm³/mol. The van der Waals surface area contributed by atoms with E-state index < -0.39 is 135 Å². The molecular formula is C48H82O18. The van der Waals surface area contributed by atoms with E-state index in [1.54, 1.807) is 0 Å². The zero-order valence-electron chi connectivity index (χ0n) is 40.0. The molecule has 66 heavy (non-hydrogen) atoms. The first-order chi connectivity index (χ1) is 30.8. The Hall–Kier alpha value is -0.980. The van der Waals surface area contributed by atoms with Crippen molar-refractivity contribution in [1.82, 2.24) is 0 Å². The molecule has 25 atom stereocenters. The summed E-state index contributed by atoms with van der Waals surface area (Å²) in [4.78, 5) is 0. The summed E-state index contributed by atoms with van der Waals surface area (Å²) in [6.07, 6.45) is -15.4. The van der Waals surface area contributed by atoms with E-state index in [2.05, 4.69) is 40.7 Å². The van der Waals surface area contributed by atoms with Gasteiger partial charge in [-0.1, -0.05) is 46.3 Å². The zero-order valence-corrected chi connectivity index (χ0v) is 40.0. The maximum absolute atomic E-state index is 12.7. The molecule has 7 fully saturated rings. The Kier molecular flexibility index (Phi) is 15.7. The van der Waals surface area contributed by atoms with Crippen LogP contribution in [0, 0.1) is 45.3 Å². The van der Waals surface area contributed by atoms with E-state index in [4.69, 9.17) is 28.4 Å². The van der Waals surface area contributed by atoms with Gasteiger partial charge in [0, 0.05) is 0 Å². The Bertz CT molecular complexity index is 1680. The van der Waals surface area contributed by atoms with Crippen molar-refractivity contribution in [1.29, 1.82) is 0 Å². The smallest absolute Gasteiger partial charge is 0.187 e. The monoisotopic (exact) mass is 947 g/mol. The molecule has 3 saturated heterocycles. The third-order valence-corrected chi connectivity index (χ3v) is 18.8. The Morgan fingerprint density at radius 1 is 0.606 bits per heavy atom. The van der Waals surface area contributed by atoms with Gasteiger partial charge in [0.2, 0.25) is 0 Å². The standard InChI is InChI=1S/C48H82O18/c1-22(2)10-9-14-48(8,66-42-39(60)36(57)33(54)26(20-50)62-42)23-11-16-47(7)31(23)24(52)18-29-45(5)15-13-30(44(3,4)28(45)12-17-46(29,47)6)64-43-40(37(58)34(55)27(21-51)63-43)65-41-38(59)35(56)32(53)25(19-49)61-41/h10,23-43,49-60H,9,11-21H2,1-8H3/t23-,24+,25+,26+,27+,28-,29+,30-,31-,32+,33+,34+,35-,36-,37-,38+,39+,40+,41-,42+,43+,45-,46+,47+,48-/m0/s1. The van der Waals surface area contributed by atoms with Gasteiger partial charge < -0.3 is 89.7 Å². The predicted octanol–water partition coefficient (Wildman–Crippen LogP) is -0.0268. The van der Waals surface area contributed by atoms with Gasteiger partial charge in [0.15, 0.2) is 18.9 Å². The zero-order chi connectivity index (χ0) is 48.6. The average Bonchev–Trinajstić information content (AvgIpc) is 3.65. The van der Waals surface area contributed by atoms with Crippen molar-refractivity contribution >= 4 is 0 Å². The summed E-state index contributed by atoms with van der Waals surface area (Å²) in [7, 11) is 0. The van der Waals surface area contributed by atoms with E-state index in [0.29, 0.717) is 25.7 Å². The molecule has 3 heterocycles. The summed E-state index contributed by atoms with van der Waals surface area (Å²) in [5, 5.41) is 129. The molecule has 0 unspecified atom stereocenters. The van der Waals surface area contributed by atoms with Crippen LogP contribution in [0.1, 0.15) is 113 Å². The van der Waals surface area contributed by atoms with E-state index in [-0.39, 0.29) is 39.9 Å². The number of rotatable bonds is 13. The van der Waals surface area contributed by atoms with Crippen molar-refractivity contribution < 1.29 is 89.7 Å². The van der Waals surface area contributed by atoms with Crippen molar-refractivity contribution in [3.8, 4) is 0 Å². The first kappa shape index (κ1) is 52.8. The van der Waals surface area contributed by atoms with Gasteiger partial charge in [-0.15, -0.1) is 0 Å². The van der Waals surface area contributed by atoms with Crippen LogP contribution >= 0.6 is 0 Å². The van der Waals surface area contributed by atoms with Crippen LogP contribution in [0.4, 0.5) is 0 Å². The topological polar surface area (TPSA) is 298 Å². The molecule has 3 aliphatic heterocycles. The van der Waals surface area contributed by atoms with Crippen LogP contribution < -0.4 is 0 Å². The minimum atomic E-state index is -1.79. The molecule has 12 N–H and O–H groups in total. The maximum atomic E-state index is 12.7. The molecule has 4 aliphatic carbocycles. The maximum Gasteiger partial charge on any atom is 0.187 e. The highest BCUT2D eigenvalue weighted by Gasteiger charge is 2.72. The number of hydrogen-bond donors (Lipinski definition) is 12. The lowest BCUT2D eigenvalue weighted by Crippen LogP contribution is -2.68. The van der Waals surface area contributed by atoms with Gasteiger partial charge in [-0.05, 0) is 124 Å². The Labute approximate surface area is 388 Å². The second-order valence-electron chi connectivity index (χ2n) is 22.9. The minimum absolute atomic E-state index is 0.0905. The lowest BCUT2D eigenvalue weighted by atomic mass is 9.35. The van der Waals surface area contributed by atoms with Gasteiger partial charge in [-0.25, -0.2) is 0 Å².